The molecule has 0 unspecified atom stereocenters. The summed E-state index contributed by atoms with van der Waals surface area (Å²) in [7, 11) is 0. The highest BCUT2D eigenvalue weighted by atomic mass is 16.5. The molecule has 0 aliphatic heterocycles. The number of hydrogen-bond acceptors (Lipinski definition) is 3. The zero-order valence-electron chi connectivity index (χ0n) is 9.48. The van der Waals surface area contributed by atoms with Crippen LogP contribution in [0.25, 0.3) is 0 Å². The van der Waals surface area contributed by atoms with Crippen molar-refractivity contribution in [2.75, 3.05) is 0 Å². The largest absolute Gasteiger partial charge is 0.459 e. The number of benzene rings is 1. The van der Waals surface area contributed by atoms with E-state index in [4.69, 9.17) is 10.5 Å². The van der Waals surface area contributed by atoms with Gasteiger partial charge in [0.2, 0.25) is 0 Å². The molecule has 0 fully saturated rings. The Bertz CT molecular complexity index is 357. The minimum Gasteiger partial charge on any atom is -0.459 e. The van der Waals surface area contributed by atoms with Crippen LogP contribution in [0.2, 0.25) is 0 Å². The predicted molar refractivity (Wildman–Crippen MR) is 63.6 cm³/mol. The quantitative estimate of drug-likeness (QED) is 0.609. The highest BCUT2D eigenvalue weighted by Crippen LogP contribution is 2.10. The Hall–Kier alpha value is -1.61. The molecule has 0 saturated carbocycles. The van der Waals surface area contributed by atoms with E-state index in [1.807, 2.05) is 30.3 Å². The summed E-state index contributed by atoms with van der Waals surface area (Å²) >= 11 is 0. The maximum absolute atomic E-state index is 11.6. The van der Waals surface area contributed by atoms with Crippen LogP contribution in [0.3, 0.4) is 0 Å². The average molecular weight is 219 g/mol. The van der Waals surface area contributed by atoms with Gasteiger partial charge in [-0.2, -0.15) is 0 Å². The molecule has 0 radical (unpaired) electrons. The van der Waals surface area contributed by atoms with Crippen molar-refractivity contribution in [2.24, 2.45) is 5.73 Å². The van der Waals surface area contributed by atoms with Gasteiger partial charge in [-0.3, -0.25) is 4.79 Å². The lowest BCUT2D eigenvalue weighted by atomic mass is 10.00. The molecule has 0 aliphatic rings. The van der Waals surface area contributed by atoms with Crippen LogP contribution < -0.4 is 5.73 Å². The lowest BCUT2D eigenvalue weighted by molar-refractivity contribution is -0.150. The van der Waals surface area contributed by atoms with E-state index in [2.05, 4.69) is 6.58 Å². The zero-order valence-corrected chi connectivity index (χ0v) is 9.48. The molecular weight excluding hydrogens is 202 g/mol. The van der Waals surface area contributed by atoms with Crippen LogP contribution in [0.4, 0.5) is 0 Å². The lowest BCUT2D eigenvalue weighted by Crippen LogP contribution is -2.45. The van der Waals surface area contributed by atoms with Gasteiger partial charge in [0.15, 0.2) is 0 Å². The highest BCUT2D eigenvalue weighted by Gasteiger charge is 2.28. The van der Waals surface area contributed by atoms with E-state index in [-0.39, 0.29) is 6.61 Å². The lowest BCUT2D eigenvalue weighted by Gasteiger charge is -2.20. The Kier molecular flexibility index (Phi) is 4.26. The number of ether oxygens (including phenoxy) is 1. The fraction of sp³-hybridized carbons (Fsp3) is 0.308. The van der Waals surface area contributed by atoms with Crippen LogP contribution in [0.1, 0.15) is 18.9 Å². The first-order valence-corrected chi connectivity index (χ1v) is 5.17. The molecular formula is C13H17NO2. The monoisotopic (exact) mass is 219 g/mol. The zero-order chi connectivity index (χ0) is 12.0. The molecule has 0 spiro atoms. The van der Waals surface area contributed by atoms with Crippen molar-refractivity contribution in [3.05, 3.63) is 48.6 Å². The Morgan fingerprint density at radius 1 is 1.50 bits per heavy atom. The van der Waals surface area contributed by atoms with Gasteiger partial charge in [0, 0.05) is 0 Å². The van der Waals surface area contributed by atoms with Gasteiger partial charge in [0.05, 0.1) is 0 Å². The van der Waals surface area contributed by atoms with E-state index in [0.717, 1.165) is 5.56 Å². The molecule has 1 aromatic carbocycles. The molecule has 3 heteroatoms. The summed E-state index contributed by atoms with van der Waals surface area (Å²) in [5.41, 5.74) is 5.75. The minimum absolute atomic E-state index is 0.254. The first-order chi connectivity index (χ1) is 7.56. The summed E-state index contributed by atoms with van der Waals surface area (Å²) in [6, 6.07) is 9.50. The molecule has 0 aromatic heterocycles. The van der Waals surface area contributed by atoms with Gasteiger partial charge in [0.25, 0.3) is 0 Å². The Labute approximate surface area is 95.9 Å². The van der Waals surface area contributed by atoms with Crippen LogP contribution in [0.15, 0.2) is 43.0 Å². The van der Waals surface area contributed by atoms with Gasteiger partial charge < -0.3 is 10.5 Å². The molecule has 2 N–H and O–H groups in total. The first kappa shape index (κ1) is 12.5. The normalized spacial score (nSPS) is 13.9. The second kappa shape index (κ2) is 5.47. The summed E-state index contributed by atoms with van der Waals surface area (Å²) in [5, 5.41) is 0. The second-order valence-corrected chi connectivity index (χ2v) is 3.97. The van der Waals surface area contributed by atoms with Gasteiger partial charge in [-0.1, -0.05) is 36.4 Å². The molecule has 1 atom stereocenters. The first-order valence-electron chi connectivity index (χ1n) is 5.17. The summed E-state index contributed by atoms with van der Waals surface area (Å²) in [6.45, 7) is 5.45. The van der Waals surface area contributed by atoms with Crippen LogP contribution in [-0.2, 0) is 16.1 Å². The Balaban J connectivity index is 2.50. The van der Waals surface area contributed by atoms with Crippen molar-refractivity contribution in [1.82, 2.24) is 0 Å². The van der Waals surface area contributed by atoms with Crippen LogP contribution in [0.5, 0.6) is 0 Å². The van der Waals surface area contributed by atoms with E-state index >= 15 is 0 Å². The molecule has 0 amide bonds. The molecule has 1 aromatic rings. The number of carbonyl (C=O) groups excluding carboxylic acids is 1. The molecule has 0 bridgehead atoms. The molecule has 0 aliphatic carbocycles. The van der Waals surface area contributed by atoms with Crippen LogP contribution >= 0.6 is 0 Å². The maximum Gasteiger partial charge on any atom is 0.326 e. The summed E-state index contributed by atoms with van der Waals surface area (Å²) < 4.78 is 5.13. The standard InChI is InChI=1S/C13H17NO2/c1-3-9-13(2,14)12(15)16-10-11-7-5-4-6-8-11/h3-8H,1,9-10,14H2,2H3/t13-/m1/s1. The molecule has 0 saturated heterocycles. The average Bonchev–Trinajstić information content (AvgIpc) is 2.27. The number of rotatable bonds is 5. The highest BCUT2D eigenvalue weighted by molar-refractivity contribution is 5.80. The van der Waals surface area contributed by atoms with Gasteiger partial charge >= 0.3 is 5.97 Å². The number of esters is 1. The molecule has 1 rings (SSSR count). The van der Waals surface area contributed by atoms with E-state index in [1.54, 1.807) is 13.0 Å². The topological polar surface area (TPSA) is 52.3 Å². The van der Waals surface area contributed by atoms with Crippen molar-refractivity contribution >= 4 is 5.97 Å². The fourth-order valence-corrected chi connectivity index (χ4v) is 1.27. The van der Waals surface area contributed by atoms with Crippen LogP contribution in [-0.4, -0.2) is 11.5 Å². The third-order valence-electron chi connectivity index (χ3n) is 2.25. The van der Waals surface area contributed by atoms with Crippen molar-refractivity contribution in [3.63, 3.8) is 0 Å². The van der Waals surface area contributed by atoms with Crippen molar-refractivity contribution < 1.29 is 9.53 Å². The number of hydrogen-bond donors (Lipinski definition) is 1. The van der Waals surface area contributed by atoms with Crippen LogP contribution in [0, 0.1) is 0 Å². The molecule has 16 heavy (non-hydrogen) atoms. The van der Waals surface area contributed by atoms with E-state index < -0.39 is 11.5 Å². The molecule has 3 nitrogen and oxygen atoms in total. The Morgan fingerprint density at radius 3 is 2.69 bits per heavy atom. The van der Waals surface area contributed by atoms with Gasteiger partial charge in [0.1, 0.15) is 12.1 Å². The van der Waals surface area contributed by atoms with Gasteiger partial charge in [-0.15, -0.1) is 6.58 Å². The van der Waals surface area contributed by atoms with E-state index in [0.29, 0.717) is 6.42 Å². The Morgan fingerprint density at radius 2 is 2.12 bits per heavy atom. The minimum atomic E-state index is -0.990. The summed E-state index contributed by atoms with van der Waals surface area (Å²) in [5.74, 6) is -0.406. The fourth-order valence-electron chi connectivity index (χ4n) is 1.27. The third-order valence-corrected chi connectivity index (χ3v) is 2.25. The third kappa shape index (κ3) is 3.51. The maximum atomic E-state index is 11.6. The smallest absolute Gasteiger partial charge is 0.326 e. The SMILES string of the molecule is C=CC[C@@](C)(N)C(=O)OCc1ccccc1. The summed E-state index contributed by atoms with van der Waals surface area (Å²) in [4.78, 5) is 11.6. The van der Waals surface area contributed by atoms with Crippen molar-refractivity contribution in [1.29, 1.82) is 0 Å². The second-order valence-electron chi connectivity index (χ2n) is 3.97. The molecule has 86 valence electrons. The number of carbonyl (C=O) groups is 1. The van der Waals surface area contributed by atoms with Crippen molar-refractivity contribution in [2.45, 2.75) is 25.5 Å². The van der Waals surface area contributed by atoms with E-state index in [1.165, 1.54) is 0 Å². The van der Waals surface area contributed by atoms with Gasteiger partial charge in [-0.25, -0.2) is 0 Å². The van der Waals surface area contributed by atoms with Gasteiger partial charge in [-0.05, 0) is 18.9 Å². The van der Waals surface area contributed by atoms with Crippen molar-refractivity contribution in [3.8, 4) is 0 Å². The summed E-state index contributed by atoms with van der Waals surface area (Å²) in [6.07, 6.45) is 2.02. The number of nitrogens with two attached hydrogens (primary N) is 1. The van der Waals surface area contributed by atoms with E-state index in [9.17, 15) is 4.79 Å². The molecule has 0 heterocycles. The predicted octanol–water partition coefficient (Wildman–Crippen LogP) is 2.02.